The van der Waals surface area contributed by atoms with Gasteiger partial charge in [0.05, 0.1) is 11.1 Å². The van der Waals surface area contributed by atoms with Crippen LogP contribution >= 0.6 is 0 Å². The first-order valence-electron chi connectivity index (χ1n) is 6.87. The molecule has 1 fully saturated rings. The Labute approximate surface area is 120 Å². The molecular weight excluding hydrogens is 272 g/mol. The molecule has 3 aromatic rings. The lowest BCUT2D eigenvalue weighted by Crippen LogP contribution is -1.99. The number of rotatable bonds is 2. The second kappa shape index (κ2) is 4.28. The molecule has 2 aromatic carbocycles. The Morgan fingerprint density at radius 3 is 2.62 bits per heavy atom. The molecule has 4 rings (SSSR count). The lowest BCUT2D eigenvalue weighted by atomic mass is 10.2. The monoisotopic (exact) mass is 285 g/mol. The summed E-state index contributed by atoms with van der Waals surface area (Å²) in [5.74, 6) is -0.355. The van der Waals surface area contributed by atoms with Crippen LogP contribution in [0.25, 0.3) is 22.4 Å². The quantitative estimate of drug-likeness (QED) is 0.726. The van der Waals surface area contributed by atoms with E-state index in [9.17, 15) is 8.78 Å². The molecule has 0 unspecified atom stereocenters. The zero-order valence-corrected chi connectivity index (χ0v) is 11.2. The lowest BCUT2D eigenvalue weighted by Gasteiger charge is -2.08. The number of nitrogen functional groups attached to an aromatic ring is 1. The van der Waals surface area contributed by atoms with Gasteiger partial charge in [-0.2, -0.15) is 0 Å². The van der Waals surface area contributed by atoms with Crippen molar-refractivity contribution in [2.24, 2.45) is 0 Å². The fraction of sp³-hybridized carbons (Fsp3) is 0.188. The molecule has 0 saturated heterocycles. The molecule has 2 N–H and O–H groups in total. The molecule has 0 spiro atoms. The summed E-state index contributed by atoms with van der Waals surface area (Å²) in [4.78, 5) is 4.34. The molecule has 1 aliphatic carbocycles. The van der Waals surface area contributed by atoms with Crippen molar-refractivity contribution in [3.8, 4) is 11.4 Å². The number of aromatic nitrogens is 2. The second-order valence-electron chi connectivity index (χ2n) is 5.38. The number of anilines is 1. The maximum absolute atomic E-state index is 14.2. The summed E-state index contributed by atoms with van der Waals surface area (Å²) in [6, 6.07) is 9.61. The number of hydrogen-bond acceptors (Lipinski definition) is 2. The number of imidazole rings is 1. The predicted molar refractivity (Wildman–Crippen MR) is 77.8 cm³/mol. The van der Waals surface area contributed by atoms with Gasteiger partial charge < -0.3 is 10.3 Å². The molecule has 21 heavy (non-hydrogen) atoms. The molecule has 106 valence electrons. The van der Waals surface area contributed by atoms with E-state index in [1.54, 1.807) is 18.2 Å². The Kier molecular flexibility index (Phi) is 2.51. The van der Waals surface area contributed by atoms with E-state index >= 15 is 0 Å². The average molecular weight is 285 g/mol. The summed E-state index contributed by atoms with van der Waals surface area (Å²) in [5, 5.41) is 0. The highest BCUT2D eigenvalue weighted by molar-refractivity contribution is 5.82. The first kappa shape index (κ1) is 12.3. The van der Waals surface area contributed by atoms with Gasteiger partial charge in [-0.1, -0.05) is 6.07 Å². The largest absolute Gasteiger partial charge is 0.399 e. The van der Waals surface area contributed by atoms with Crippen LogP contribution in [0.3, 0.4) is 0 Å². The third-order valence-electron chi connectivity index (χ3n) is 3.82. The standard InChI is InChI=1S/C16H13F2N3/c17-12-2-1-3-14-15(12)20-16(21(14)10-5-6-10)11-7-4-9(19)8-13(11)18/h1-4,7-8,10H,5-6,19H2. The SMILES string of the molecule is Nc1ccc(-c2nc3c(F)cccc3n2C2CC2)c(F)c1. The van der Waals surface area contributed by atoms with Crippen LogP contribution in [0.1, 0.15) is 18.9 Å². The molecule has 0 aliphatic heterocycles. The first-order chi connectivity index (χ1) is 10.1. The topological polar surface area (TPSA) is 43.8 Å². The third-order valence-corrected chi connectivity index (χ3v) is 3.82. The maximum atomic E-state index is 14.2. The van der Waals surface area contributed by atoms with Gasteiger partial charge in [0.25, 0.3) is 0 Å². The minimum Gasteiger partial charge on any atom is -0.399 e. The van der Waals surface area contributed by atoms with Gasteiger partial charge in [-0.3, -0.25) is 0 Å². The summed E-state index contributed by atoms with van der Waals surface area (Å²) < 4.78 is 30.1. The van der Waals surface area contributed by atoms with Crippen LogP contribution in [0.5, 0.6) is 0 Å². The number of hydrogen-bond donors (Lipinski definition) is 1. The zero-order chi connectivity index (χ0) is 14.6. The molecule has 5 heteroatoms. The molecule has 0 amide bonds. The average Bonchev–Trinajstić information content (AvgIpc) is 3.20. The Bertz CT molecular complexity index is 850. The van der Waals surface area contributed by atoms with E-state index in [0.717, 1.165) is 12.8 Å². The minimum absolute atomic E-state index is 0.267. The van der Waals surface area contributed by atoms with E-state index < -0.39 is 5.82 Å². The van der Waals surface area contributed by atoms with Gasteiger partial charge in [0.15, 0.2) is 5.82 Å². The minimum atomic E-state index is -0.437. The first-order valence-corrected chi connectivity index (χ1v) is 6.87. The Hall–Kier alpha value is -2.43. The second-order valence-corrected chi connectivity index (χ2v) is 5.38. The van der Waals surface area contributed by atoms with Crippen LogP contribution < -0.4 is 5.73 Å². The van der Waals surface area contributed by atoms with Crippen molar-refractivity contribution in [2.75, 3.05) is 5.73 Å². The van der Waals surface area contributed by atoms with E-state index in [1.807, 2.05) is 10.6 Å². The van der Waals surface area contributed by atoms with Crippen molar-refractivity contribution in [1.82, 2.24) is 9.55 Å². The van der Waals surface area contributed by atoms with Crippen LogP contribution in [0.4, 0.5) is 14.5 Å². The molecule has 0 bridgehead atoms. The normalized spacial score (nSPS) is 14.8. The highest BCUT2D eigenvalue weighted by Gasteiger charge is 2.30. The van der Waals surface area contributed by atoms with Crippen molar-refractivity contribution in [3.05, 3.63) is 48.0 Å². The molecule has 0 radical (unpaired) electrons. The number of benzene rings is 2. The maximum Gasteiger partial charge on any atom is 0.151 e. The van der Waals surface area contributed by atoms with E-state index in [2.05, 4.69) is 4.98 Å². The number of para-hydroxylation sites is 1. The summed E-state index contributed by atoms with van der Waals surface area (Å²) in [6.45, 7) is 0. The van der Waals surface area contributed by atoms with Gasteiger partial charge >= 0.3 is 0 Å². The summed E-state index contributed by atoms with van der Waals surface area (Å²) >= 11 is 0. The number of halogens is 2. The van der Waals surface area contributed by atoms with Crippen LogP contribution in [0, 0.1) is 11.6 Å². The number of nitrogens with zero attached hydrogens (tertiary/aromatic N) is 2. The molecular formula is C16H13F2N3. The molecule has 1 heterocycles. The van der Waals surface area contributed by atoms with Gasteiger partial charge in [-0.15, -0.1) is 0 Å². The number of fused-ring (bicyclic) bond motifs is 1. The van der Waals surface area contributed by atoms with Gasteiger partial charge in [0.2, 0.25) is 0 Å². The van der Waals surface area contributed by atoms with E-state index in [4.69, 9.17) is 5.73 Å². The highest BCUT2D eigenvalue weighted by atomic mass is 19.1. The Morgan fingerprint density at radius 2 is 1.90 bits per heavy atom. The third kappa shape index (κ3) is 1.88. The summed E-state index contributed by atoms with van der Waals surface area (Å²) in [5.41, 5.74) is 7.30. The fourth-order valence-corrected chi connectivity index (χ4v) is 2.69. The zero-order valence-electron chi connectivity index (χ0n) is 11.2. The molecule has 0 atom stereocenters. The molecule has 1 aromatic heterocycles. The van der Waals surface area contributed by atoms with Crippen LogP contribution in [0.2, 0.25) is 0 Å². The predicted octanol–water partition coefficient (Wildman–Crippen LogP) is 3.90. The Balaban J connectivity index is 2.03. The summed E-state index contributed by atoms with van der Waals surface area (Å²) in [7, 11) is 0. The van der Waals surface area contributed by atoms with E-state index in [0.29, 0.717) is 22.6 Å². The number of nitrogens with two attached hydrogens (primary N) is 1. The molecule has 3 nitrogen and oxygen atoms in total. The van der Waals surface area contributed by atoms with Gasteiger partial charge in [-0.05, 0) is 43.2 Å². The van der Waals surface area contributed by atoms with Crippen LogP contribution in [0.15, 0.2) is 36.4 Å². The van der Waals surface area contributed by atoms with Gasteiger partial charge in [-0.25, -0.2) is 13.8 Å². The van der Waals surface area contributed by atoms with Crippen molar-refractivity contribution < 1.29 is 8.78 Å². The molecule has 1 aliphatic rings. The van der Waals surface area contributed by atoms with Crippen LogP contribution in [-0.2, 0) is 0 Å². The van der Waals surface area contributed by atoms with Crippen molar-refractivity contribution in [3.63, 3.8) is 0 Å². The van der Waals surface area contributed by atoms with Crippen molar-refractivity contribution in [1.29, 1.82) is 0 Å². The van der Waals surface area contributed by atoms with Gasteiger partial charge in [0, 0.05) is 11.7 Å². The van der Waals surface area contributed by atoms with E-state index in [1.165, 1.54) is 12.1 Å². The van der Waals surface area contributed by atoms with Crippen LogP contribution in [-0.4, -0.2) is 9.55 Å². The Morgan fingerprint density at radius 1 is 1.10 bits per heavy atom. The van der Waals surface area contributed by atoms with Crippen molar-refractivity contribution in [2.45, 2.75) is 18.9 Å². The molecule has 1 saturated carbocycles. The fourth-order valence-electron chi connectivity index (χ4n) is 2.69. The van der Waals surface area contributed by atoms with Crippen molar-refractivity contribution >= 4 is 16.7 Å². The summed E-state index contributed by atoms with van der Waals surface area (Å²) in [6.07, 6.45) is 2.01. The van der Waals surface area contributed by atoms with E-state index in [-0.39, 0.29) is 17.4 Å². The van der Waals surface area contributed by atoms with Gasteiger partial charge in [0.1, 0.15) is 17.2 Å². The highest BCUT2D eigenvalue weighted by Crippen LogP contribution is 2.42. The smallest absolute Gasteiger partial charge is 0.151 e. The lowest BCUT2D eigenvalue weighted by molar-refractivity contribution is 0.628.